The molecule has 1 fully saturated rings. The number of amides is 1. The van der Waals surface area contributed by atoms with Crippen molar-refractivity contribution in [3.8, 4) is 0 Å². The van der Waals surface area contributed by atoms with Crippen LogP contribution in [0.4, 0.5) is 0 Å². The summed E-state index contributed by atoms with van der Waals surface area (Å²) in [5.74, 6) is 0.749. The van der Waals surface area contributed by atoms with Gasteiger partial charge in [0.1, 0.15) is 11.9 Å². The molecule has 1 aliphatic rings. The lowest BCUT2D eigenvalue weighted by molar-refractivity contribution is -0.138. The highest BCUT2D eigenvalue weighted by Crippen LogP contribution is 2.24. The second kappa shape index (κ2) is 6.50. The third kappa shape index (κ3) is 3.48. The summed E-state index contributed by atoms with van der Waals surface area (Å²) in [6.07, 6.45) is 0.138. The highest BCUT2D eigenvalue weighted by Gasteiger charge is 2.25. The van der Waals surface area contributed by atoms with Crippen LogP contribution in [0.3, 0.4) is 0 Å². The van der Waals surface area contributed by atoms with Crippen LogP contribution in [0.2, 0.25) is 5.02 Å². The van der Waals surface area contributed by atoms with Gasteiger partial charge >= 0.3 is 0 Å². The number of nitrogens with zero attached hydrogens (tertiary/aromatic N) is 2. The highest BCUT2D eigenvalue weighted by atomic mass is 35.5. The average molecular weight is 321 g/mol. The molecule has 0 saturated carbocycles. The van der Waals surface area contributed by atoms with Crippen molar-refractivity contribution in [3.05, 3.63) is 52.4 Å². The van der Waals surface area contributed by atoms with Gasteiger partial charge < -0.3 is 14.2 Å². The van der Waals surface area contributed by atoms with Gasteiger partial charge in [-0.1, -0.05) is 28.9 Å². The molecule has 1 unspecified atom stereocenters. The molecule has 1 atom stereocenters. The van der Waals surface area contributed by atoms with Gasteiger partial charge in [-0.15, -0.1) is 0 Å². The van der Waals surface area contributed by atoms with Crippen LogP contribution in [0.1, 0.15) is 23.1 Å². The predicted molar refractivity (Wildman–Crippen MR) is 81.7 cm³/mol. The molecule has 5 nitrogen and oxygen atoms in total. The van der Waals surface area contributed by atoms with Crippen LogP contribution >= 0.6 is 11.6 Å². The van der Waals surface area contributed by atoms with Gasteiger partial charge in [0, 0.05) is 17.6 Å². The summed E-state index contributed by atoms with van der Waals surface area (Å²) in [5.41, 5.74) is 1.69. The largest absolute Gasteiger partial charge is 0.370 e. The zero-order valence-electron chi connectivity index (χ0n) is 12.3. The number of hydrogen-bond donors (Lipinski definition) is 0. The van der Waals surface area contributed by atoms with Gasteiger partial charge in [-0.25, -0.2) is 0 Å². The molecule has 0 aliphatic carbocycles. The number of benzene rings is 1. The molecule has 1 saturated heterocycles. The van der Waals surface area contributed by atoms with E-state index in [-0.39, 0.29) is 18.4 Å². The molecule has 116 valence electrons. The van der Waals surface area contributed by atoms with E-state index >= 15 is 0 Å². The van der Waals surface area contributed by atoms with E-state index in [0.29, 0.717) is 36.2 Å². The van der Waals surface area contributed by atoms with Crippen LogP contribution in [-0.2, 0) is 16.0 Å². The lowest BCUT2D eigenvalue weighted by Crippen LogP contribution is -2.43. The van der Waals surface area contributed by atoms with Crippen molar-refractivity contribution < 1.29 is 14.1 Å². The molecule has 0 N–H and O–H groups in total. The van der Waals surface area contributed by atoms with Gasteiger partial charge in [-0.3, -0.25) is 4.79 Å². The standard InChI is InChI=1S/C16H17ClN2O3/c1-11-8-14(18-22-11)9-16(20)19-6-7-21-15(10-19)12-2-4-13(17)5-3-12/h2-5,8,15H,6-7,9-10H2,1H3. The van der Waals surface area contributed by atoms with Crippen LogP contribution in [0.5, 0.6) is 0 Å². The molecule has 1 amide bonds. The van der Waals surface area contributed by atoms with Crippen LogP contribution in [0.25, 0.3) is 0 Å². The van der Waals surface area contributed by atoms with E-state index in [1.54, 1.807) is 6.07 Å². The van der Waals surface area contributed by atoms with Crippen LogP contribution < -0.4 is 0 Å². The van der Waals surface area contributed by atoms with E-state index in [4.69, 9.17) is 20.9 Å². The maximum absolute atomic E-state index is 12.4. The maximum atomic E-state index is 12.4. The summed E-state index contributed by atoms with van der Waals surface area (Å²) in [4.78, 5) is 14.2. The van der Waals surface area contributed by atoms with Crippen molar-refractivity contribution in [2.45, 2.75) is 19.4 Å². The number of carbonyl (C=O) groups excluding carboxylic acids is 1. The summed E-state index contributed by atoms with van der Waals surface area (Å²) >= 11 is 5.90. The Kier molecular flexibility index (Phi) is 4.45. The maximum Gasteiger partial charge on any atom is 0.228 e. The van der Waals surface area contributed by atoms with Crippen molar-refractivity contribution in [3.63, 3.8) is 0 Å². The smallest absolute Gasteiger partial charge is 0.228 e. The van der Waals surface area contributed by atoms with Gasteiger partial charge in [0.2, 0.25) is 5.91 Å². The Morgan fingerprint density at radius 1 is 1.41 bits per heavy atom. The summed E-state index contributed by atoms with van der Waals surface area (Å²) in [6.45, 7) is 3.47. The molecule has 2 heterocycles. The van der Waals surface area contributed by atoms with Crippen molar-refractivity contribution in [2.75, 3.05) is 19.7 Å². The number of aromatic nitrogens is 1. The van der Waals surface area contributed by atoms with Crippen LogP contribution in [0.15, 0.2) is 34.9 Å². The molecular weight excluding hydrogens is 304 g/mol. The number of rotatable bonds is 3. The topological polar surface area (TPSA) is 55.6 Å². The molecule has 0 bridgehead atoms. The summed E-state index contributed by atoms with van der Waals surface area (Å²) in [5, 5.41) is 4.56. The second-order valence-electron chi connectivity index (χ2n) is 5.36. The van der Waals surface area contributed by atoms with Gasteiger partial charge in [-0.05, 0) is 24.6 Å². The summed E-state index contributed by atoms with van der Waals surface area (Å²) < 4.78 is 10.8. The van der Waals surface area contributed by atoms with E-state index in [2.05, 4.69) is 5.16 Å². The third-order valence-electron chi connectivity index (χ3n) is 3.67. The first-order chi connectivity index (χ1) is 10.6. The zero-order valence-corrected chi connectivity index (χ0v) is 13.0. The Balaban J connectivity index is 1.64. The lowest BCUT2D eigenvalue weighted by Gasteiger charge is -2.33. The number of halogens is 1. The molecule has 1 aromatic heterocycles. The Labute approximate surface area is 133 Å². The first-order valence-electron chi connectivity index (χ1n) is 7.19. The van der Waals surface area contributed by atoms with Crippen molar-refractivity contribution in [1.29, 1.82) is 0 Å². The monoisotopic (exact) mass is 320 g/mol. The molecular formula is C16H17ClN2O3. The van der Waals surface area contributed by atoms with Crippen molar-refractivity contribution in [2.24, 2.45) is 0 Å². The SMILES string of the molecule is Cc1cc(CC(=O)N2CCOC(c3ccc(Cl)cc3)C2)no1. The lowest BCUT2D eigenvalue weighted by atomic mass is 10.1. The quantitative estimate of drug-likeness (QED) is 0.872. The Bertz CT molecular complexity index is 654. The zero-order chi connectivity index (χ0) is 15.5. The third-order valence-corrected chi connectivity index (χ3v) is 3.92. The number of carbonyl (C=O) groups is 1. The fourth-order valence-electron chi connectivity index (χ4n) is 2.52. The van der Waals surface area contributed by atoms with Crippen LogP contribution in [0, 0.1) is 6.92 Å². The molecule has 6 heteroatoms. The van der Waals surface area contributed by atoms with Crippen molar-refractivity contribution >= 4 is 17.5 Å². The minimum absolute atomic E-state index is 0.0376. The number of ether oxygens (including phenoxy) is 1. The molecule has 0 radical (unpaired) electrons. The van der Waals surface area contributed by atoms with E-state index in [9.17, 15) is 4.79 Å². The summed E-state index contributed by atoms with van der Waals surface area (Å²) in [7, 11) is 0. The first kappa shape index (κ1) is 15.1. The van der Waals surface area contributed by atoms with Crippen LogP contribution in [-0.4, -0.2) is 35.7 Å². The Morgan fingerprint density at radius 3 is 2.86 bits per heavy atom. The minimum atomic E-state index is -0.117. The normalized spacial score (nSPS) is 18.5. The van der Waals surface area contributed by atoms with Gasteiger partial charge in [0.05, 0.1) is 25.3 Å². The van der Waals surface area contributed by atoms with E-state index in [1.807, 2.05) is 36.1 Å². The van der Waals surface area contributed by atoms with Gasteiger partial charge in [0.25, 0.3) is 0 Å². The molecule has 1 aromatic carbocycles. The molecule has 0 spiro atoms. The Morgan fingerprint density at radius 2 is 2.18 bits per heavy atom. The average Bonchev–Trinajstić information content (AvgIpc) is 2.93. The Hall–Kier alpha value is -1.85. The number of morpholine rings is 1. The molecule has 1 aliphatic heterocycles. The fourth-order valence-corrected chi connectivity index (χ4v) is 2.65. The number of aryl methyl sites for hydroxylation is 1. The van der Waals surface area contributed by atoms with Crippen molar-refractivity contribution in [1.82, 2.24) is 10.1 Å². The molecule has 3 rings (SSSR count). The molecule has 22 heavy (non-hydrogen) atoms. The fraction of sp³-hybridized carbons (Fsp3) is 0.375. The summed E-state index contributed by atoms with van der Waals surface area (Å²) in [6, 6.07) is 9.32. The van der Waals surface area contributed by atoms with E-state index < -0.39 is 0 Å². The first-order valence-corrected chi connectivity index (χ1v) is 7.56. The van der Waals surface area contributed by atoms with E-state index in [0.717, 1.165) is 5.56 Å². The van der Waals surface area contributed by atoms with E-state index in [1.165, 1.54) is 0 Å². The number of hydrogen-bond acceptors (Lipinski definition) is 4. The van der Waals surface area contributed by atoms with Gasteiger partial charge in [0.15, 0.2) is 0 Å². The second-order valence-corrected chi connectivity index (χ2v) is 5.79. The minimum Gasteiger partial charge on any atom is -0.370 e. The highest BCUT2D eigenvalue weighted by molar-refractivity contribution is 6.30. The van der Waals surface area contributed by atoms with Gasteiger partial charge in [-0.2, -0.15) is 0 Å². The predicted octanol–water partition coefficient (Wildman–Crippen LogP) is 2.78. The molecule has 2 aromatic rings.